The number of amides is 1. The highest BCUT2D eigenvalue weighted by molar-refractivity contribution is 5.75. The molecule has 0 radical (unpaired) electrons. The second-order valence-electron chi connectivity index (χ2n) is 5.67. The summed E-state index contributed by atoms with van der Waals surface area (Å²) in [5, 5.41) is 2.75. The number of hydrogen-bond donors (Lipinski definition) is 1. The number of ether oxygens (including phenoxy) is 3. The second-order valence-corrected chi connectivity index (χ2v) is 5.67. The minimum absolute atomic E-state index is 0.000866. The van der Waals surface area contributed by atoms with Crippen molar-refractivity contribution >= 4 is 12.2 Å². The quantitative estimate of drug-likeness (QED) is 0.346. The van der Waals surface area contributed by atoms with Gasteiger partial charge in [0, 0.05) is 31.4 Å². The summed E-state index contributed by atoms with van der Waals surface area (Å²) in [6, 6.07) is 0. The number of aldehydes is 1. The zero-order chi connectivity index (χ0) is 17.4. The fraction of sp³-hybridized carbons (Fsp3) is 0.882. The highest BCUT2D eigenvalue weighted by atomic mass is 16.5. The first kappa shape index (κ1) is 22.0. The molecule has 0 bridgehead atoms. The Kier molecular flexibility index (Phi) is 14.0. The van der Waals surface area contributed by atoms with Gasteiger partial charge in [-0.15, -0.1) is 0 Å². The number of rotatable bonds is 16. The SMILES string of the molecule is CCCOCC(CC)(COCCC=O)COCCC(=O)NCC. The van der Waals surface area contributed by atoms with Crippen LogP contribution >= 0.6 is 0 Å². The molecule has 1 unspecified atom stereocenters. The third-order valence-electron chi connectivity index (χ3n) is 3.55. The van der Waals surface area contributed by atoms with Crippen molar-refractivity contribution < 1.29 is 23.8 Å². The molecule has 0 aromatic heterocycles. The molecule has 0 aromatic carbocycles. The van der Waals surface area contributed by atoms with Crippen LogP contribution in [0.2, 0.25) is 0 Å². The first-order chi connectivity index (χ1) is 11.1. The zero-order valence-corrected chi connectivity index (χ0v) is 14.9. The van der Waals surface area contributed by atoms with Gasteiger partial charge >= 0.3 is 0 Å². The van der Waals surface area contributed by atoms with Crippen LogP contribution in [-0.4, -0.2) is 58.4 Å². The van der Waals surface area contributed by atoms with Gasteiger partial charge in [0.05, 0.1) is 33.0 Å². The third kappa shape index (κ3) is 11.2. The van der Waals surface area contributed by atoms with E-state index in [1.807, 2.05) is 6.92 Å². The van der Waals surface area contributed by atoms with Crippen molar-refractivity contribution in [2.45, 2.75) is 46.5 Å². The molecule has 0 aliphatic heterocycles. The lowest BCUT2D eigenvalue weighted by atomic mass is 9.88. The van der Waals surface area contributed by atoms with E-state index in [-0.39, 0.29) is 11.3 Å². The van der Waals surface area contributed by atoms with E-state index in [2.05, 4.69) is 19.2 Å². The van der Waals surface area contributed by atoms with Crippen molar-refractivity contribution in [3.8, 4) is 0 Å². The lowest BCUT2D eigenvalue weighted by Gasteiger charge is -2.32. The molecule has 1 N–H and O–H groups in total. The minimum Gasteiger partial charge on any atom is -0.381 e. The predicted molar refractivity (Wildman–Crippen MR) is 89.5 cm³/mol. The van der Waals surface area contributed by atoms with E-state index in [1.54, 1.807) is 0 Å². The van der Waals surface area contributed by atoms with E-state index in [0.29, 0.717) is 59.0 Å². The maximum atomic E-state index is 11.4. The summed E-state index contributed by atoms with van der Waals surface area (Å²) >= 11 is 0. The van der Waals surface area contributed by atoms with Gasteiger partial charge in [0.15, 0.2) is 0 Å². The number of carbonyl (C=O) groups is 2. The number of nitrogens with one attached hydrogen (secondary N) is 1. The molecule has 6 heteroatoms. The third-order valence-corrected chi connectivity index (χ3v) is 3.55. The molecular weight excluding hydrogens is 298 g/mol. The topological polar surface area (TPSA) is 73.9 Å². The molecule has 0 rings (SSSR count). The standard InChI is InChI=1S/C17H33NO5/c1-4-10-21-13-17(5-2,14-22-11-7-9-19)15-23-12-8-16(20)18-6-3/h9H,4-8,10-15H2,1-3H3,(H,18,20). The van der Waals surface area contributed by atoms with Crippen molar-refractivity contribution in [2.75, 3.05) is 46.2 Å². The Labute approximate surface area is 140 Å². The smallest absolute Gasteiger partial charge is 0.222 e. The fourth-order valence-electron chi connectivity index (χ4n) is 2.02. The van der Waals surface area contributed by atoms with Gasteiger partial charge in [0.1, 0.15) is 6.29 Å². The molecular formula is C17H33NO5. The zero-order valence-electron chi connectivity index (χ0n) is 14.9. The minimum atomic E-state index is -0.237. The molecule has 0 heterocycles. The molecule has 0 aromatic rings. The summed E-state index contributed by atoms with van der Waals surface area (Å²) in [7, 11) is 0. The fourth-order valence-corrected chi connectivity index (χ4v) is 2.02. The predicted octanol–water partition coefficient (Wildman–Crippen LogP) is 1.96. The van der Waals surface area contributed by atoms with E-state index in [4.69, 9.17) is 14.2 Å². The molecule has 136 valence electrons. The van der Waals surface area contributed by atoms with Gasteiger partial charge in [0.2, 0.25) is 5.91 Å². The maximum absolute atomic E-state index is 11.4. The maximum Gasteiger partial charge on any atom is 0.222 e. The van der Waals surface area contributed by atoms with Crippen LogP contribution in [0.5, 0.6) is 0 Å². The highest BCUT2D eigenvalue weighted by Crippen LogP contribution is 2.24. The molecule has 0 fully saturated rings. The molecule has 0 saturated carbocycles. The molecule has 0 spiro atoms. The molecule has 1 amide bonds. The largest absolute Gasteiger partial charge is 0.381 e. The van der Waals surface area contributed by atoms with Crippen LogP contribution in [0.3, 0.4) is 0 Å². The van der Waals surface area contributed by atoms with Crippen LogP contribution in [-0.2, 0) is 23.8 Å². The van der Waals surface area contributed by atoms with Gasteiger partial charge in [-0.3, -0.25) is 4.79 Å². The van der Waals surface area contributed by atoms with Gasteiger partial charge < -0.3 is 24.3 Å². The van der Waals surface area contributed by atoms with Crippen LogP contribution in [0.4, 0.5) is 0 Å². The van der Waals surface area contributed by atoms with Crippen LogP contribution in [0.25, 0.3) is 0 Å². The first-order valence-corrected chi connectivity index (χ1v) is 8.57. The Morgan fingerprint density at radius 1 is 1.00 bits per heavy atom. The lowest BCUT2D eigenvalue weighted by Crippen LogP contribution is -2.37. The summed E-state index contributed by atoms with van der Waals surface area (Å²) in [6.45, 7) is 9.69. The molecule has 23 heavy (non-hydrogen) atoms. The van der Waals surface area contributed by atoms with Crippen molar-refractivity contribution in [3.63, 3.8) is 0 Å². The molecule has 1 atom stereocenters. The van der Waals surface area contributed by atoms with Crippen molar-refractivity contribution in [2.24, 2.45) is 5.41 Å². The van der Waals surface area contributed by atoms with Crippen LogP contribution < -0.4 is 5.32 Å². The van der Waals surface area contributed by atoms with E-state index in [0.717, 1.165) is 19.1 Å². The summed E-state index contributed by atoms with van der Waals surface area (Å²) in [5.41, 5.74) is -0.237. The summed E-state index contributed by atoms with van der Waals surface area (Å²) in [4.78, 5) is 21.8. The van der Waals surface area contributed by atoms with Crippen molar-refractivity contribution in [1.29, 1.82) is 0 Å². The summed E-state index contributed by atoms with van der Waals surface area (Å²) in [5.74, 6) is -0.000866. The van der Waals surface area contributed by atoms with Gasteiger partial charge in [-0.05, 0) is 19.8 Å². The molecule has 0 aliphatic carbocycles. The molecule has 6 nitrogen and oxygen atoms in total. The number of hydrogen-bond acceptors (Lipinski definition) is 5. The second kappa shape index (κ2) is 14.6. The Morgan fingerprint density at radius 3 is 2.13 bits per heavy atom. The van der Waals surface area contributed by atoms with Gasteiger partial charge in [0.25, 0.3) is 0 Å². The average molecular weight is 331 g/mol. The van der Waals surface area contributed by atoms with E-state index >= 15 is 0 Å². The van der Waals surface area contributed by atoms with Gasteiger partial charge in [-0.1, -0.05) is 13.8 Å². The molecule has 0 saturated heterocycles. The average Bonchev–Trinajstić information content (AvgIpc) is 2.55. The highest BCUT2D eigenvalue weighted by Gasteiger charge is 2.29. The lowest BCUT2D eigenvalue weighted by molar-refractivity contribution is -0.123. The monoisotopic (exact) mass is 331 g/mol. The normalized spacial score (nSPS) is 13.5. The van der Waals surface area contributed by atoms with E-state index in [1.165, 1.54) is 0 Å². The van der Waals surface area contributed by atoms with Gasteiger partial charge in [-0.25, -0.2) is 0 Å². The molecule has 0 aliphatic rings. The van der Waals surface area contributed by atoms with Crippen LogP contribution in [0.1, 0.15) is 46.5 Å². The Balaban J connectivity index is 4.31. The van der Waals surface area contributed by atoms with Gasteiger partial charge in [-0.2, -0.15) is 0 Å². The Hall–Kier alpha value is -0.980. The Bertz CT molecular complexity index is 311. The number of carbonyl (C=O) groups excluding carboxylic acids is 2. The van der Waals surface area contributed by atoms with E-state index < -0.39 is 0 Å². The Morgan fingerprint density at radius 2 is 1.61 bits per heavy atom. The first-order valence-electron chi connectivity index (χ1n) is 8.57. The van der Waals surface area contributed by atoms with Crippen LogP contribution in [0, 0.1) is 5.41 Å². The summed E-state index contributed by atoms with van der Waals surface area (Å²) in [6.07, 6.45) is 3.41. The van der Waals surface area contributed by atoms with Crippen molar-refractivity contribution in [3.05, 3.63) is 0 Å². The van der Waals surface area contributed by atoms with Crippen LogP contribution in [0.15, 0.2) is 0 Å². The van der Waals surface area contributed by atoms with Crippen molar-refractivity contribution in [1.82, 2.24) is 5.32 Å². The summed E-state index contributed by atoms with van der Waals surface area (Å²) < 4.78 is 17.0. The van der Waals surface area contributed by atoms with E-state index in [9.17, 15) is 9.59 Å².